The minimum absolute atomic E-state index is 0.148. The molecule has 2 fully saturated rings. The van der Waals surface area contributed by atoms with Gasteiger partial charge in [-0.2, -0.15) is 0 Å². The summed E-state index contributed by atoms with van der Waals surface area (Å²) < 4.78 is 5.95. The number of amides is 1. The van der Waals surface area contributed by atoms with E-state index in [4.69, 9.17) is 4.74 Å². The summed E-state index contributed by atoms with van der Waals surface area (Å²) in [4.78, 5) is 18.2. The molecule has 3 heterocycles. The average Bonchev–Trinajstić information content (AvgIpc) is 3.25. The monoisotopic (exact) mass is 342 g/mol. The summed E-state index contributed by atoms with van der Waals surface area (Å²) >= 11 is 1.65. The quantitative estimate of drug-likeness (QED) is 0.855. The van der Waals surface area contributed by atoms with Gasteiger partial charge in [-0.25, -0.2) is 0 Å². The third-order valence-electron chi connectivity index (χ3n) is 4.90. The molecule has 24 heavy (non-hydrogen) atoms. The molecule has 0 spiro atoms. The van der Waals surface area contributed by atoms with E-state index in [2.05, 4.69) is 29.2 Å². The van der Waals surface area contributed by atoms with E-state index in [1.807, 2.05) is 28.5 Å². The first-order valence-electron chi connectivity index (χ1n) is 8.49. The van der Waals surface area contributed by atoms with Crippen LogP contribution in [0.5, 0.6) is 0 Å². The maximum absolute atomic E-state index is 12.6. The van der Waals surface area contributed by atoms with E-state index in [9.17, 15) is 4.79 Å². The number of nitrogens with zero attached hydrogens (tertiary/aromatic N) is 2. The zero-order valence-electron chi connectivity index (χ0n) is 13.6. The maximum Gasteiger partial charge on any atom is 0.227 e. The first-order chi connectivity index (χ1) is 11.8. The summed E-state index contributed by atoms with van der Waals surface area (Å²) in [6.45, 7) is 4.12. The molecule has 2 atom stereocenters. The lowest BCUT2D eigenvalue weighted by molar-refractivity contribution is -0.129. The predicted octanol–water partition coefficient (Wildman–Crippen LogP) is 2.40. The molecule has 0 radical (unpaired) electrons. The standard InChI is InChI=1S/C19H22N2O2S/c22-19(11-16-7-4-10-24-16)21-13-17-18(14-21)23-9-8-20(17)12-15-5-2-1-3-6-15/h1-7,10,17-18H,8-9,11-14H2/t17-,18+/m1/s1. The summed E-state index contributed by atoms with van der Waals surface area (Å²) in [5, 5.41) is 2.02. The lowest BCUT2D eigenvalue weighted by Crippen LogP contribution is -2.50. The molecule has 1 amide bonds. The van der Waals surface area contributed by atoms with Crippen LogP contribution >= 0.6 is 11.3 Å². The molecule has 1 aromatic carbocycles. The van der Waals surface area contributed by atoms with Gasteiger partial charge in [0.2, 0.25) is 5.91 Å². The van der Waals surface area contributed by atoms with Crippen LogP contribution in [-0.4, -0.2) is 54.1 Å². The Balaban J connectivity index is 1.41. The molecule has 1 aromatic heterocycles. The van der Waals surface area contributed by atoms with Gasteiger partial charge in [0.05, 0.1) is 25.2 Å². The number of morpholine rings is 1. The lowest BCUT2D eigenvalue weighted by atomic mass is 10.1. The Bertz CT molecular complexity index is 674. The van der Waals surface area contributed by atoms with Crippen molar-refractivity contribution in [3.05, 3.63) is 58.3 Å². The second kappa shape index (κ2) is 7.05. The van der Waals surface area contributed by atoms with Crippen molar-refractivity contribution in [2.24, 2.45) is 0 Å². The fourth-order valence-corrected chi connectivity index (χ4v) is 4.35. The molecule has 126 valence electrons. The van der Waals surface area contributed by atoms with Crippen molar-refractivity contribution in [2.45, 2.75) is 25.1 Å². The molecule has 0 saturated carbocycles. The first-order valence-corrected chi connectivity index (χ1v) is 9.37. The number of ether oxygens (including phenoxy) is 1. The fourth-order valence-electron chi connectivity index (χ4n) is 3.65. The summed E-state index contributed by atoms with van der Waals surface area (Å²) in [6.07, 6.45) is 0.658. The van der Waals surface area contributed by atoms with E-state index < -0.39 is 0 Å². The van der Waals surface area contributed by atoms with E-state index in [1.165, 1.54) is 5.56 Å². The Morgan fingerprint density at radius 1 is 1.17 bits per heavy atom. The number of fused-ring (bicyclic) bond motifs is 1. The minimum Gasteiger partial charge on any atom is -0.373 e. The van der Waals surface area contributed by atoms with Gasteiger partial charge in [0.25, 0.3) is 0 Å². The highest BCUT2D eigenvalue weighted by atomic mass is 32.1. The number of carbonyl (C=O) groups is 1. The minimum atomic E-state index is 0.148. The third-order valence-corrected chi connectivity index (χ3v) is 5.78. The molecule has 2 aliphatic heterocycles. The van der Waals surface area contributed by atoms with Crippen molar-refractivity contribution < 1.29 is 9.53 Å². The molecular formula is C19H22N2O2S. The van der Waals surface area contributed by atoms with Crippen molar-refractivity contribution in [3.8, 4) is 0 Å². The Hall–Kier alpha value is -1.69. The van der Waals surface area contributed by atoms with Crippen LogP contribution in [0.3, 0.4) is 0 Å². The molecule has 4 nitrogen and oxygen atoms in total. The van der Waals surface area contributed by atoms with Crippen LogP contribution in [0.4, 0.5) is 0 Å². The number of hydrogen-bond acceptors (Lipinski definition) is 4. The Labute approximate surface area is 146 Å². The first kappa shape index (κ1) is 15.8. The van der Waals surface area contributed by atoms with Gasteiger partial charge in [0.15, 0.2) is 0 Å². The van der Waals surface area contributed by atoms with Gasteiger partial charge in [-0.15, -0.1) is 11.3 Å². The lowest BCUT2D eigenvalue weighted by Gasteiger charge is -2.36. The smallest absolute Gasteiger partial charge is 0.227 e. The van der Waals surface area contributed by atoms with Crippen LogP contribution < -0.4 is 0 Å². The normalized spacial score (nSPS) is 24.1. The van der Waals surface area contributed by atoms with Crippen molar-refractivity contribution in [1.82, 2.24) is 9.80 Å². The van der Waals surface area contributed by atoms with Crippen molar-refractivity contribution >= 4 is 17.2 Å². The highest BCUT2D eigenvalue weighted by molar-refractivity contribution is 7.10. The summed E-state index contributed by atoms with van der Waals surface area (Å²) in [5.74, 6) is 0.218. The van der Waals surface area contributed by atoms with E-state index in [0.717, 1.165) is 37.7 Å². The number of rotatable bonds is 4. The van der Waals surface area contributed by atoms with Crippen molar-refractivity contribution in [3.63, 3.8) is 0 Å². The average molecular weight is 342 g/mol. The second-order valence-electron chi connectivity index (χ2n) is 6.49. The van der Waals surface area contributed by atoms with Crippen LogP contribution in [0.15, 0.2) is 47.8 Å². The molecule has 4 rings (SSSR count). The predicted molar refractivity (Wildman–Crippen MR) is 95.0 cm³/mol. The SMILES string of the molecule is O=C(Cc1cccs1)N1C[C@@H]2OCCN(Cc3ccccc3)[C@@H]2C1. The number of hydrogen-bond donors (Lipinski definition) is 0. The van der Waals surface area contributed by atoms with Gasteiger partial charge < -0.3 is 9.64 Å². The molecule has 0 bridgehead atoms. The topological polar surface area (TPSA) is 32.8 Å². The van der Waals surface area contributed by atoms with Gasteiger partial charge in [-0.3, -0.25) is 9.69 Å². The number of likely N-dealkylation sites (tertiary alicyclic amines) is 1. The van der Waals surface area contributed by atoms with Crippen LogP contribution in [-0.2, 0) is 22.5 Å². The summed E-state index contributed by atoms with van der Waals surface area (Å²) in [7, 11) is 0. The molecule has 2 saturated heterocycles. The van der Waals surface area contributed by atoms with Gasteiger partial charge in [-0.05, 0) is 17.0 Å². The van der Waals surface area contributed by atoms with E-state index in [1.54, 1.807) is 11.3 Å². The molecule has 2 aromatic rings. The van der Waals surface area contributed by atoms with Crippen LogP contribution in [0.1, 0.15) is 10.4 Å². The Morgan fingerprint density at radius 2 is 2.04 bits per heavy atom. The Kier molecular flexibility index (Phi) is 4.65. The van der Waals surface area contributed by atoms with Crippen LogP contribution in [0.25, 0.3) is 0 Å². The molecular weight excluding hydrogens is 320 g/mol. The number of thiophene rings is 1. The fraction of sp³-hybridized carbons (Fsp3) is 0.421. The Morgan fingerprint density at radius 3 is 2.83 bits per heavy atom. The molecule has 0 unspecified atom stereocenters. The number of carbonyl (C=O) groups excluding carboxylic acids is 1. The molecule has 2 aliphatic rings. The van der Waals surface area contributed by atoms with Crippen molar-refractivity contribution in [2.75, 3.05) is 26.2 Å². The van der Waals surface area contributed by atoms with E-state index in [0.29, 0.717) is 12.5 Å². The second-order valence-corrected chi connectivity index (χ2v) is 7.52. The zero-order valence-corrected chi connectivity index (χ0v) is 14.5. The summed E-state index contributed by atoms with van der Waals surface area (Å²) in [5.41, 5.74) is 1.32. The largest absolute Gasteiger partial charge is 0.373 e. The molecule has 0 N–H and O–H groups in total. The molecule has 5 heteroatoms. The van der Waals surface area contributed by atoms with Gasteiger partial charge in [0.1, 0.15) is 0 Å². The third kappa shape index (κ3) is 3.38. The van der Waals surface area contributed by atoms with Crippen LogP contribution in [0.2, 0.25) is 0 Å². The van der Waals surface area contributed by atoms with E-state index >= 15 is 0 Å². The van der Waals surface area contributed by atoms with Gasteiger partial charge in [-0.1, -0.05) is 36.4 Å². The number of benzene rings is 1. The van der Waals surface area contributed by atoms with E-state index in [-0.39, 0.29) is 12.0 Å². The summed E-state index contributed by atoms with van der Waals surface area (Å²) in [6, 6.07) is 14.9. The van der Waals surface area contributed by atoms with Crippen LogP contribution in [0, 0.1) is 0 Å². The van der Waals surface area contributed by atoms with Crippen molar-refractivity contribution in [1.29, 1.82) is 0 Å². The zero-order chi connectivity index (χ0) is 16.4. The van der Waals surface area contributed by atoms with Gasteiger partial charge in [0, 0.05) is 31.1 Å². The highest BCUT2D eigenvalue weighted by Crippen LogP contribution is 2.25. The highest BCUT2D eigenvalue weighted by Gasteiger charge is 2.41. The van der Waals surface area contributed by atoms with Gasteiger partial charge >= 0.3 is 0 Å². The molecule has 0 aliphatic carbocycles. The maximum atomic E-state index is 12.6.